The molecule has 1 aliphatic rings. The number of aromatic nitrogens is 1. The van der Waals surface area contributed by atoms with E-state index in [0.29, 0.717) is 29.9 Å². The van der Waals surface area contributed by atoms with Crippen LogP contribution < -0.4 is 10.2 Å². The van der Waals surface area contributed by atoms with Crippen LogP contribution in [0.2, 0.25) is 0 Å². The van der Waals surface area contributed by atoms with Gasteiger partial charge in [0, 0.05) is 48.1 Å². The highest BCUT2D eigenvalue weighted by atomic mass is 31.2. The lowest BCUT2D eigenvalue weighted by Crippen LogP contribution is -2.42. The highest BCUT2D eigenvalue weighted by Gasteiger charge is 2.34. The van der Waals surface area contributed by atoms with Gasteiger partial charge < -0.3 is 9.46 Å². The van der Waals surface area contributed by atoms with Gasteiger partial charge in [0.05, 0.1) is 11.3 Å². The highest BCUT2D eigenvalue weighted by Crippen LogP contribution is 2.41. The minimum absolute atomic E-state index is 0.0731. The molecule has 0 saturated carbocycles. The van der Waals surface area contributed by atoms with Crippen molar-refractivity contribution in [1.82, 2.24) is 4.98 Å². The molecular formula is C28H26F5N2O3P. The van der Waals surface area contributed by atoms with Gasteiger partial charge in [-0.25, -0.2) is 8.78 Å². The predicted octanol–water partition coefficient (Wildman–Crippen LogP) is 6.24. The van der Waals surface area contributed by atoms with Gasteiger partial charge in [-0.1, -0.05) is 24.3 Å². The lowest BCUT2D eigenvalue weighted by Gasteiger charge is -2.32. The normalized spacial score (nSPS) is 16.4. The summed E-state index contributed by atoms with van der Waals surface area (Å²) >= 11 is 0. The first-order chi connectivity index (χ1) is 18.3. The van der Waals surface area contributed by atoms with Crippen LogP contribution in [0.3, 0.4) is 0 Å². The van der Waals surface area contributed by atoms with Crippen molar-refractivity contribution in [3.05, 3.63) is 77.6 Å². The number of alkyl halides is 3. The summed E-state index contributed by atoms with van der Waals surface area (Å²) in [6.07, 6.45) is -3.54. The molecule has 1 saturated heterocycles. The standard InChI is InChI=1S/C28H26F5N2O3P/c1-39(2,38)24-8-4-3-7-21(24)22-11-12-23(26(30)25(22)29)35-13-5-6-17(27(35)37)14-20(36)15-19-10-9-18(16-34-19)28(31,32)33/h3-4,7-12,16-17H,5-6,13-15H2,1-2H3/t17-/m0/s1. The number of anilines is 1. The zero-order chi connectivity index (χ0) is 28.5. The number of hydrogen-bond acceptors (Lipinski definition) is 4. The van der Waals surface area contributed by atoms with E-state index in [-0.39, 0.29) is 36.3 Å². The van der Waals surface area contributed by atoms with Crippen LogP contribution in [0.25, 0.3) is 11.1 Å². The number of carbonyl (C=O) groups excluding carboxylic acids is 2. The van der Waals surface area contributed by atoms with E-state index < -0.39 is 48.1 Å². The van der Waals surface area contributed by atoms with Crippen molar-refractivity contribution in [2.75, 3.05) is 24.8 Å². The number of pyridine rings is 1. The first kappa shape index (κ1) is 28.6. The van der Waals surface area contributed by atoms with Crippen molar-refractivity contribution in [2.24, 2.45) is 5.92 Å². The van der Waals surface area contributed by atoms with E-state index >= 15 is 8.78 Å². The minimum Gasteiger partial charge on any atom is -0.319 e. The molecule has 206 valence electrons. The van der Waals surface area contributed by atoms with E-state index in [0.717, 1.165) is 17.0 Å². The summed E-state index contributed by atoms with van der Waals surface area (Å²) in [5.74, 6) is -4.11. The molecule has 1 aliphatic heterocycles. The number of piperidine rings is 1. The molecule has 1 fully saturated rings. The molecule has 0 radical (unpaired) electrons. The molecule has 0 bridgehead atoms. The summed E-state index contributed by atoms with van der Waals surface area (Å²) in [6.45, 7) is 3.21. The lowest BCUT2D eigenvalue weighted by molar-refractivity contribution is -0.137. The summed E-state index contributed by atoms with van der Waals surface area (Å²) in [7, 11) is -2.80. The molecule has 1 amide bonds. The van der Waals surface area contributed by atoms with Crippen molar-refractivity contribution in [3.8, 4) is 11.1 Å². The van der Waals surface area contributed by atoms with Crippen LogP contribution in [0.1, 0.15) is 30.5 Å². The van der Waals surface area contributed by atoms with Crippen molar-refractivity contribution in [3.63, 3.8) is 0 Å². The van der Waals surface area contributed by atoms with E-state index in [1.54, 1.807) is 24.3 Å². The number of carbonyl (C=O) groups is 2. The smallest absolute Gasteiger partial charge is 0.319 e. The van der Waals surface area contributed by atoms with Gasteiger partial charge in [-0.15, -0.1) is 0 Å². The van der Waals surface area contributed by atoms with Gasteiger partial charge in [-0.3, -0.25) is 14.6 Å². The fraction of sp³-hybridized carbons (Fsp3) is 0.321. The Morgan fingerprint density at radius 1 is 1.03 bits per heavy atom. The average molecular weight is 564 g/mol. The Bertz CT molecular complexity index is 1450. The Hall–Kier alpha value is -3.39. The topological polar surface area (TPSA) is 67.3 Å². The van der Waals surface area contributed by atoms with Gasteiger partial charge >= 0.3 is 6.18 Å². The van der Waals surface area contributed by atoms with Crippen molar-refractivity contribution in [1.29, 1.82) is 0 Å². The quantitative estimate of drug-likeness (QED) is 0.252. The molecule has 5 nitrogen and oxygen atoms in total. The Balaban J connectivity index is 1.51. The molecular weight excluding hydrogens is 538 g/mol. The van der Waals surface area contributed by atoms with Crippen LogP contribution in [-0.4, -0.2) is 36.5 Å². The molecule has 1 atom stereocenters. The first-order valence-corrected chi connectivity index (χ1v) is 14.9. The van der Waals surface area contributed by atoms with Gasteiger partial charge in [0.1, 0.15) is 12.9 Å². The zero-order valence-corrected chi connectivity index (χ0v) is 22.2. The van der Waals surface area contributed by atoms with E-state index in [4.69, 9.17) is 0 Å². The minimum atomic E-state index is -4.54. The number of Topliss-reactive ketones (excluding diaryl/α,β-unsaturated/α-hetero) is 1. The number of benzene rings is 2. The number of ketones is 1. The molecule has 0 spiro atoms. The van der Waals surface area contributed by atoms with E-state index in [2.05, 4.69) is 4.98 Å². The molecule has 0 aliphatic carbocycles. The molecule has 4 rings (SSSR count). The second-order valence-electron chi connectivity index (χ2n) is 9.91. The van der Waals surface area contributed by atoms with Crippen molar-refractivity contribution < 1.29 is 36.1 Å². The maximum absolute atomic E-state index is 15.3. The molecule has 1 aromatic heterocycles. The predicted molar refractivity (Wildman–Crippen MR) is 139 cm³/mol. The lowest BCUT2D eigenvalue weighted by atomic mass is 9.90. The molecule has 11 heteroatoms. The van der Waals surface area contributed by atoms with Gasteiger partial charge in [-0.2, -0.15) is 13.2 Å². The van der Waals surface area contributed by atoms with E-state index in [9.17, 15) is 27.3 Å². The second kappa shape index (κ2) is 11.0. The number of amides is 1. The summed E-state index contributed by atoms with van der Waals surface area (Å²) in [5.41, 5.74) is -0.814. The fourth-order valence-corrected chi connectivity index (χ4v) is 5.97. The molecule has 3 aromatic rings. The van der Waals surface area contributed by atoms with Crippen molar-refractivity contribution >= 4 is 29.8 Å². The molecule has 2 aromatic carbocycles. The third-order valence-corrected chi connectivity index (χ3v) is 8.23. The SMILES string of the molecule is CP(C)(=O)c1ccccc1-c1ccc(N2CCC[C@@H](CC(=O)Cc3ccc(C(F)(F)F)cn3)C2=O)c(F)c1F. The van der Waals surface area contributed by atoms with E-state index in [1.165, 1.54) is 25.5 Å². The number of hydrogen-bond donors (Lipinski definition) is 0. The monoisotopic (exact) mass is 564 g/mol. The van der Waals surface area contributed by atoms with E-state index in [1.807, 2.05) is 0 Å². The zero-order valence-electron chi connectivity index (χ0n) is 21.3. The van der Waals surface area contributed by atoms with Gasteiger partial charge in [0.2, 0.25) is 5.91 Å². The number of halogens is 5. The van der Waals surface area contributed by atoms with Gasteiger partial charge in [-0.05, 0) is 56.0 Å². The van der Waals surface area contributed by atoms with Crippen LogP contribution in [-0.2, 0) is 26.8 Å². The number of nitrogens with zero attached hydrogens (tertiary/aromatic N) is 2. The summed E-state index contributed by atoms with van der Waals surface area (Å²) in [6, 6.07) is 11.1. The Kier molecular flexibility index (Phi) is 8.07. The largest absolute Gasteiger partial charge is 0.417 e. The average Bonchev–Trinajstić information content (AvgIpc) is 2.86. The van der Waals surface area contributed by atoms with Crippen LogP contribution in [0.4, 0.5) is 27.6 Å². The maximum Gasteiger partial charge on any atom is 0.417 e. The fourth-order valence-electron chi connectivity index (χ4n) is 4.75. The third-order valence-electron chi connectivity index (χ3n) is 6.68. The summed E-state index contributed by atoms with van der Waals surface area (Å²) in [5, 5.41) is 0.409. The van der Waals surface area contributed by atoms with Crippen LogP contribution in [0, 0.1) is 17.6 Å². The number of rotatable bonds is 7. The molecule has 0 N–H and O–H groups in total. The van der Waals surface area contributed by atoms with Crippen LogP contribution in [0.15, 0.2) is 54.7 Å². The highest BCUT2D eigenvalue weighted by molar-refractivity contribution is 7.70. The summed E-state index contributed by atoms with van der Waals surface area (Å²) < 4.78 is 81.5. The Morgan fingerprint density at radius 2 is 1.74 bits per heavy atom. The van der Waals surface area contributed by atoms with Gasteiger partial charge in [0.15, 0.2) is 11.6 Å². The Labute approximate surface area is 222 Å². The molecule has 0 unspecified atom stereocenters. The van der Waals surface area contributed by atoms with Gasteiger partial charge in [0.25, 0.3) is 0 Å². The van der Waals surface area contributed by atoms with Crippen LogP contribution >= 0.6 is 7.14 Å². The van der Waals surface area contributed by atoms with Crippen LogP contribution in [0.5, 0.6) is 0 Å². The maximum atomic E-state index is 15.3. The third kappa shape index (κ3) is 6.27. The second-order valence-corrected chi connectivity index (χ2v) is 13.1. The Morgan fingerprint density at radius 3 is 2.38 bits per heavy atom. The first-order valence-electron chi connectivity index (χ1n) is 12.3. The summed E-state index contributed by atoms with van der Waals surface area (Å²) in [4.78, 5) is 30.6. The van der Waals surface area contributed by atoms with Crippen molar-refractivity contribution in [2.45, 2.75) is 31.9 Å². The molecule has 39 heavy (non-hydrogen) atoms. The molecule has 2 heterocycles.